The zero-order valence-electron chi connectivity index (χ0n) is 9.25. The van der Waals surface area contributed by atoms with Crippen LogP contribution in [0, 0.1) is 0 Å². The molecule has 0 radical (unpaired) electrons. The van der Waals surface area contributed by atoms with Crippen molar-refractivity contribution in [3.8, 4) is 0 Å². The molecule has 0 aromatic carbocycles. The first-order chi connectivity index (χ1) is 8.52. The minimum atomic E-state index is -0.505. The van der Waals surface area contributed by atoms with E-state index in [0.717, 1.165) is 0 Å². The minimum absolute atomic E-state index is 0.169. The van der Waals surface area contributed by atoms with Crippen LogP contribution in [0.1, 0.15) is 5.56 Å². The normalized spacial score (nSPS) is 9.39. The van der Waals surface area contributed by atoms with E-state index >= 15 is 0 Å². The fourth-order valence-corrected chi connectivity index (χ4v) is 0.943. The molecule has 0 unspecified atom stereocenters. The molecule has 0 bridgehead atoms. The number of anilines is 2. The van der Waals surface area contributed by atoms with Crippen LogP contribution in [0.25, 0.3) is 0 Å². The Morgan fingerprint density at radius 3 is 2.28 bits per heavy atom. The highest BCUT2D eigenvalue weighted by molar-refractivity contribution is 5.35. The fraction of sp³-hybridized carbons (Fsp3) is 0.111. The van der Waals surface area contributed by atoms with Gasteiger partial charge in [0.15, 0.2) is 0 Å². The lowest BCUT2D eigenvalue weighted by Crippen LogP contribution is -2.13. The maximum atomic E-state index is 10.4. The number of nitrogen functional groups attached to an aromatic ring is 2. The number of hydrogen-bond donors (Lipinski definition) is 5. The van der Waals surface area contributed by atoms with Gasteiger partial charge in [0.05, 0.1) is 6.61 Å². The zero-order chi connectivity index (χ0) is 13.5. The van der Waals surface area contributed by atoms with E-state index in [9.17, 15) is 9.59 Å². The summed E-state index contributed by atoms with van der Waals surface area (Å²) in [6.45, 7) is -0.213. The molecular formula is C9H12N6O3. The third-order valence-corrected chi connectivity index (χ3v) is 1.79. The van der Waals surface area contributed by atoms with Crippen molar-refractivity contribution in [2.24, 2.45) is 0 Å². The molecule has 2 heterocycles. The number of rotatable bonds is 1. The molecule has 7 N–H and O–H groups in total. The smallest absolute Gasteiger partial charge is 0.346 e. The summed E-state index contributed by atoms with van der Waals surface area (Å²) in [7, 11) is 0. The number of nitrogens with two attached hydrogens (primary N) is 2. The average molecular weight is 252 g/mol. The highest BCUT2D eigenvalue weighted by Crippen LogP contribution is 2.00. The maximum Gasteiger partial charge on any atom is 0.346 e. The Kier molecular flexibility index (Phi) is 4.58. The number of aromatic amines is 2. The number of aromatic nitrogens is 4. The highest BCUT2D eigenvalue weighted by atomic mass is 16.3. The van der Waals surface area contributed by atoms with E-state index in [2.05, 4.69) is 19.9 Å². The summed E-state index contributed by atoms with van der Waals surface area (Å²) in [4.78, 5) is 31.9. The highest BCUT2D eigenvalue weighted by Gasteiger charge is 1.96. The van der Waals surface area contributed by atoms with Crippen molar-refractivity contribution >= 4 is 11.6 Å². The van der Waals surface area contributed by atoms with Crippen molar-refractivity contribution < 1.29 is 5.11 Å². The van der Waals surface area contributed by atoms with Gasteiger partial charge in [-0.25, -0.2) is 19.6 Å². The molecule has 0 saturated carbocycles. The molecule has 9 nitrogen and oxygen atoms in total. The van der Waals surface area contributed by atoms with Crippen LogP contribution in [0.5, 0.6) is 0 Å². The Hall–Kier alpha value is -2.68. The van der Waals surface area contributed by atoms with Crippen molar-refractivity contribution in [3.63, 3.8) is 0 Å². The first-order valence-electron chi connectivity index (χ1n) is 4.78. The van der Waals surface area contributed by atoms with Crippen LogP contribution in [0.2, 0.25) is 0 Å². The number of aliphatic hydroxyl groups excluding tert-OH is 1. The minimum Gasteiger partial charge on any atom is -0.391 e. The van der Waals surface area contributed by atoms with E-state index in [1.807, 2.05) is 0 Å². The first kappa shape index (κ1) is 13.4. The van der Waals surface area contributed by atoms with Gasteiger partial charge in [-0.05, 0) is 6.07 Å². The van der Waals surface area contributed by atoms with E-state index in [4.69, 9.17) is 16.6 Å². The zero-order valence-corrected chi connectivity index (χ0v) is 9.25. The van der Waals surface area contributed by atoms with Gasteiger partial charge in [-0.1, -0.05) is 0 Å². The monoisotopic (exact) mass is 252 g/mol. The Labute approximate surface area is 101 Å². The molecule has 2 aromatic heterocycles. The summed E-state index contributed by atoms with van der Waals surface area (Å²) < 4.78 is 0. The lowest BCUT2D eigenvalue weighted by molar-refractivity contribution is 0.281. The van der Waals surface area contributed by atoms with Gasteiger partial charge in [0.25, 0.3) is 0 Å². The molecule has 0 saturated heterocycles. The van der Waals surface area contributed by atoms with E-state index in [-0.39, 0.29) is 12.4 Å². The second-order valence-electron chi connectivity index (χ2n) is 3.12. The van der Waals surface area contributed by atoms with E-state index in [1.165, 1.54) is 18.5 Å². The topological polar surface area (TPSA) is 164 Å². The largest absolute Gasteiger partial charge is 0.391 e. The molecule has 0 amide bonds. The molecule has 0 spiro atoms. The quantitative estimate of drug-likeness (QED) is 0.399. The predicted molar refractivity (Wildman–Crippen MR) is 64.5 cm³/mol. The lowest BCUT2D eigenvalue weighted by Gasteiger charge is -1.97. The fourth-order valence-electron chi connectivity index (χ4n) is 0.943. The van der Waals surface area contributed by atoms with Crippen LogP contribution < -0.4 is 22.8 Å². The summed E-state index contributed by atoms with van der Waals surface area (Å²) in [6, 6.07) is 1.52. The molecule has 0 atom stereocenters. The van der Waals surface area contributed by atoms with Crippen LogP contribution in [-0.4, -0.2) is 25.0 Å². The number of hydrogen-bond acceptors (Lipinski definition) is 7. The molecule has 96 valence electrons. The summed E-state index contributed by atoms with van der Waals surface area (Å²) in [5.41, 5.74) is 9.95. The van der Waals surface area contributed by atoms with Gasteiger partial charge in [-0.15, -0.1) is 0 Å². The second kappa shape index (κ2) is 6.15. The van der Waals surface area contributed by atoms with Crippen LogP contribution in [0.15, 0.2) is 28.0 Å². The molecular weight excluding hydrogens is 240 g/mol. The second-order valence-corrected chi connectivity index (χ2v) is 3.12. The standard InChI is InChI=1S/C5H7N3O2.C4H5N3O/c6-4-3(2-9)1-7-5(10)8-4;5-3-1-2-6-4(8)7-3/h1,9H,2H2,(H3,6,7,8,10);1-2H,(H3,5,6,7,8). The van der Waals surface area contributed by atoms with Crippen molar-refractivity contribution in [1.29, 1.82) is 0 Å². The van der Waals surface area contributed by atoms with E-state index < -0.39 is 11.4 Å². The van der Waals surface area contributed by atoms with Gasteiger partial charge >= 0.3 is 11.4 Å². The Bertz CT molecular complexity index is 620. The number of nitrogens with zero attached hydrogens (tertiary/aromatic N) is 2. The molecule has 0 fully saturated rings. The summed E-state index contributed by atoms with van der Waals surface area (Å²) >= 11 is 0. The predicted octanol–water partition coefficient (Wildman–Crippen LogP) is -1.80. The van der Waals surface area contributed by atoms with E-state index in [0.29, 0.717) is 11.4 Å². The molecule has 0 aliphatic heterocycles. The van der Waals surface area contributed by atoms with Crippen LogP contribution >= 0.6 is 0 Å². The van der Waals surface area contributed by atoms with Crippen molar-refractivity contribution in [2.75, 3.05) is 11.5 Å². The number of aliphatic hydroxyl groups is 1. The maximum absolute atomic E-state index is 10.4. The third-order valence-electron chi connectivity index (χ3n) is 1.79. The van der Waals surface area contributed by atoms with Crippen molar-refractivity contribution in [2.45, 2.75) is 6.61 Å². The van der Waals surface area contributed by atoms with Crippen LogP contribution in [0.3, 0.4) is 0 Å². The Morgan fingerprint density at radius 1 is 1.17 bits per heavy atom. The molecule has 2 aromatic rings. The third kappa shape index (κ3) is 4.06. The Morgan fingerprint density at radius 2 is 1.83 bits per heavy atom. The lowest BCUT2D eigenvalue weighted by atomic mass is 10.3. The van der Waals surface area contributed by atoms with Gasteiger partial charge in [-0.3, -0.25) is 9.97 Å². The van der Waals surface area contributed by atoms with E-state index in [1.54, 1.807) is 0 Å². The van der Waals surface area contributed by atoms with Crippen molar-refractivity contribution in [1.82, 2.24) is 19.9 Å². The molecule has 0 aliphatic rings. The van der Waals surface area contributed by atoms with Crippen LogP contribution in [0.4, 0.5) is 11.6 Å². The van der Waals surface area contributed by atoms with Crippen molar-refractivity contribution in [3.05, 3.63) is 45.0 Å². The van der Waals surface area contributed by atoms with Gasteiger partial charge in [0.1, 0.15) is 11.6 Å². The average Bonchev–Trinajstić information content (AvgIpc) is 2.29. The van der Waals surface area contributed by atoms with Gasteiger partial charge in [0, 0.05) is 18.0 Å². The van der Waals surface area contributed by atoms with Gasteiger partial charge in [0.2, 0.25) is 0 Å². The summed E-state index contributed by atoms with van der Waals surface area (Å²) in [5, 5.41) is 8.57. The first-order valence-corrected chi connectivity index (χ1v) is 4.78. The SMILES string of the molecule is Nc1[nH]c(=O)ncc1CO.Nc1ccnc(=O)[nH]1. The van der Waals surface area contributed by atoms with Gasteiger partial charge < -0.3 is 16.6 Å². The molecule has 18 heavy (non-hydrogen) atoms. The number of nitrogens with one attached hydrogen (secondary N) is 2. The Balaban J connectivity index is 0.000000184. The summed E-state index contributed by atoms with van der Waals surface area (Å²) in [6.07, 6.45) is 2.60. The molecule has 2 rings (SSSR count). The van der Waals surface area contributed by atoms with Crippen LogP contribution in [-0.2, 0) is 6.61 Å². The number of H-pyrrole nitrogens is 2. The summed E-state index contributed by atoms with van der Waals surface area (Å²) in [5.74, 6) is 0.507. The molecule has 9 heteroatoms. The van der Waals surface area contributed by atoms with Gasteiger partial charge in [-0.2, -0.15) is 0 Å². The molecule has 0 aliphatic carbocycles.